The highest BCUT2D eigenvalue weighted by molar-refractivity contribution is 7.55. The van der Waals surface area contributed by atoms with Gasteiger partial charge in [0, 0.05) is 0 Å². The summed E-state index contributed by atoms with van der Waals surface area (Å²) in [5, 5.41) is 3.10. The Morgan fingerprint density at radius 1 is 0.696 bits per heavy atom. The molecule has 2 aromatic rings. The van der Waals surface area contributed by atoms with Crippen molar-refractivity contribution in [2.45, 2.75) is 65.7 Å². The van der Waals surface area contributed by atoms with Crippen LogP contribution in [-0.2, 0) is 19.3 Å². The van der Waals surface area contributed by atoms with Crippen LogP contribution >= 0.6 is 8.58 Å². The molecule has 0 heterocycles. The van der Waals surface area contributed by atoms with Crippen molar-refractivity contribution in [3.63, 3.8) is 0 Å². The Bertz CT molecular complexity index is 601. The van der Waals surface area contributed by atoms with Gasteiger partial charge >= 0.3 is 0 Å². The maximum atomic E-state index is 2.37. The molecular formula is C22H31P. The third-order valence-corrected chi connectivity index (χ3v) is 6.02. The number of rotatable bonds is 9. The second-order valence-electron chi connectivity index (χ2n) is 6.29. The minimum absolute atomic E-state index is 0.794. The molecule has 0 aromatic heterocycles. The average molecular weight is 326 g/mol. The van der Waals surface area contributed by atoms with E-state index in [-0.39, 0.29) is 0 Å². The van der Waals surface area contributed by atoms with Gasteiger partial charge in [0.2, 0.25) is 0 Å². The molecule has 0 saturated heterocycles. The molecule has 0 saturated carbocycles. The van der Waals surface area contributed by atoms with Gasteiger partial charge in [-0.1, -0.05) is 84.7 Å². The molecule has 0 radical (unpaired) electrons. The van der Waals surface area contributed by atoms with Crippen LogP contribution in [0.25, 0.3) is 0 Å². The Labute approximate surface area is 144 Å². The van der Waals surface area contributed by atoms with Gasteiger partial charge in [0.25, 0.3) is 0 Å². The summed E-state index contributed by atoms with van der Waals surface area (Å²) in [5.41, 5.74) is 4.75. The maximum absolute atomic E-state index is 2.37. The first-order valence-electron chi connectivity index (χ1n) is 9.25. The molecule has 0 spiro atoms. The first kappa shape index (κ1) is 18.2. The second-order valence-corrected chi connectivity index (χ2v) is 7.61. The van der Waals surface area contributed by atoms with E-state index in [9.17, 15) is 0 Å². The molecule has 0 aliphatic heterocycles. The number of aryl methyl sites for hydroxylation is 2. The molecule has 124 valence electrons. The van der Waals surface area contributed by atoms with Crippen LogP contribution in [0.4, 0.5) is 0 Å². The van der Waals surface area contributed by atoms with E-state index in [2.05, 4.69) is 63.2 Å². The quantitative estimate of drug-likeness (QED) is 0.529. The molecule has 0 fully saturated rings. The molecule has 0 bridgehead atoms. The van der Waals surface area contributed by atoms with E-state index in [0.717, 1.165) is 15.0 Å². The van der Waals surface area contributed by atoms with E-state index in [0.29, 0.717) is 0 Å². The van der Waals surface area contributed by atoms with Gasteiger partial charge < -0.3 is 0 Å². The lowest BCUT2D eigenvalue weighted by molar-refractivity contribution is 0.761. The molecule has 0 aliphatic carbocycles. The molecule has 0 N–H and O–H groups in total. The van der Waals surface area contributed by atoms with Crippen LogP contribution in [-0.4, -0.2) is 0 Å². The summed E-state index contributed by atoms with van der Waals surface area (Å²) >= 11 is 0. The zero-order valence-electron chi connectivity index (χ0n) is 15.0. The largest absolute Gasteiger partial charge is 0.0654 e. The molecule has 0 amide bonds. The van der Waals surface area contributed by atoms with Crippen molar-refractivity contribution in [1.82, 2.24) is 0 Å². The molecule has 0 aliphatic rings. The van der Waals surface area contributed by atoms with Gasteiger partial charge in [-0.3, -0.25) is 0 Å². The third kappa shape index (κ3) is 5.18. The normalized spacial score (nSPS) is 11.4. The summed E-state index contributed by atoms with van der Waals surface area (Å²) in [7, 11) is 0.794. The molecule has 1 atom stereocenters. The van der Waals surface area contributed by atoms with Gasteiger partial charge in [-0.05, 0) is 59.4 Å². The van der Waals surface area contributed by atoms with Crippen LogP contribution in [0.2, 0.25) is 0 Å². The monoisotopic (exact) mass is 326 g/mol. The van der Waals surface area contributed by atoms with Crippen LogP contribution in [0.1, 0.15) is 63.1 Å². The third-order valence-electron chi connectivity index (χ3n) is 4.52. The van der Waals surface area contributed by atoms with Crippen molar-refractivity contribution in [2.75, 3.05) is 0 Å². The van der Waals surface area contributed by atoms with Crippen molar-refractivity contribution in [3.05, 3.63) is 59.2 Å². The van der Waals surface area contributed by atoms with E-state index in [1.807, 2.05) is 0 Å². The topological polar surface area (TPSA) is 0 Å². The van der Waals surface area contributed by atoms with Gasteiger partial charge in [-0.2, -0.15) is 0 Å². The lowest BCUT2D eigenvalue weighted by Gasteiger charge is -2.16. The summed E-state index contributed by atoms with van der Waals surface area (Å²) in [6.45, 7) is 6.84. The molecule has 1 heteroatoms. The van der Waals surface area contributed by atoms with Crippen LogP contribution in [0, 0.1) is 0 Å². The van der Waals surface area contributed by atoms with Crippen LogP contribution in [0.15, 0.2) is 42.5 Å². The van der Waals surface area contributed by atoms with E-state index in [1.54, 1.807) is 16.4 Å². The highest BCUT2D eigenvalue weighted by Gasteiger charge is 2.10. The minimum atomic E-state index is 0.794. The van der Waals surface area contributed by atoms with Crippen molar-refractivity contribution in [1.29, 1.82) is 0 Å². The summed E-state index contributed by atoms with van der Waals surface area (Å²) in [6, 6.07) is 16.0. The van der Waals surface area contributed by atoms with Gasteiger partial charge in [0.05, 0.1) is 0 Å². The zero-order valence-corrected chi connectivity index (χ0v) is 16.0. The Morgan fingerprint density at radius 2 is 1.35 bits per heavy atom. The zero-order chi connectivity index (χ0) is 16.5. The Hall–Kier alpha value is -1.13. The Kier molecular flexibility index (Phi) is 7.83. The Balaban J connectivity index is 2.32. The van der Waals surface area contributed by atoms with Crippen LogP contribution in [0.3, 0.4) is 0 Å². The number of unbranched alkanes of at least 4 members (excludes halogenated alkanes) is 2. The SMILES string of the molecule is CCCCc1cccc(Pc2ccccc2CC)c1CCCC. The van der Waals surface area contributed by atoms with E-state index < -0.39 is 0 Å². The lowest BCUT2D eigenvalue weighted by atomic mass is 9.98. The fourth-order valence-corrected chi connectivity index (χ4v) is 4.60. The first-order chi connectivity index (χ1) is 11.3. The van der Waals surface area contributed by atoms with E-state index in [1.165, 1.54) is 49.4 Å². The summed E-state index contributed by atoms with van der Waals surface area (Å²) in [4.78, 5) is 0. The lowest BCUT2D eigenvalue weighted by Crippen LogP contribution is -2.14. The first-order valence-corrected chi connectivity index (χ1v) is 10.3. The van der Waals surface area contributed by atoms with Crippen LogP contribution < -0.4 is 10.6 Å². The van der Waals surface area contributed by atoms with Crippen molar-refractivity contribution < 1.29 is 0 Å². The van der Waals surface area contributed by atoms with Gasteiger partial charge in [0.15, 0.2) is 0 Å². The average Bonchev–Trinajstić information content (AvgIpc) is 2.59. The highest BCUT2D eigenvalue weighted by atomic mass is 31.1. The fraction of sp³-hybridized carbons (Fsp3) is 0.455. The van der Waals surface area contributed by atoms with Gasteiger partial charge in [0.1, 0.15) is 0 Å². The van der Waals surface area contributed by atoms with Crippen molar-refractivity contribution in [3.8, 4) is 0 Å². The van der Waals surface area contributed by atoms with Gasteiger partial charge in [-0.25, -0.2) is 0 Å². The number of hydrogen-bond acceptors (Lipinski definition) is 0. The molecule has 0 nitrogen and oxygen atoms in total. The molecule has 1 unspecified atom stereocenters. The summed E-state index contributed by atoms with van der Waals surface area (Å²) in [6.07, 6.45) is 8.77. The predicted octanol–water partition coefficient (Wildman–Crippen LogP) is 5.56. The summed E-state index contributed by atoms with van der Waals surface area (Å²) < 4.78 is 0. The molecular weight excluding hydrogens is 295 g/mol. The Morgan fingerprint density at radius 3 is 2.09 bits per heavy atom. The van der Waals surface area contributed by atoms with E-state index >= 15 is 0 Å². The molecule has 23 heavy (non-hydrogen) atoms. The standard InChI is InChI=1S/C22H31P/c1-4-7-12-19-14-11-17-22(20(19)15-8-5-2)23-21-16-10-9-13-18(21)6-3/h9-11,13-14,16-17,23H,4-8,12,15H2,1-3H3. The molecule has 2 rings (SSSR count). The van der Waals surface area contributed by atoms with Crippen LogP contribution in [0.5, 0.6) is 0 Å². The van der Waals surface area contributed by atoms with E-state index in [4.69, 9.17) is 0 Å². The maximum Gasteiger partial charge on any atom is -0.0191 e. The fourth-order valence-electron chi connectivity index (χ4n) is 3.10. The smallest absolute Gasteiger partial charge is 0.0191 e. The van der Waals surface area contributed by atoms with Crippen molar-refractivity contribution in [2.24, 2.45) is 0 Å². The minimum Gasteiger partial charge on any atom is -0.0654 e. The second kappa shape index (κ2) is 9.89. The number of benzene rings is 2. The predicted molar refractivity (Wildman–Crippen MR) is 107 cm³/mol. The molecule has 2 aromatic carbocycles. The highest BCUT2D eigenvalue weighted by Crippen LogP contribution is 2.22. The van der Waals surface area contributed by atoms with Gasteiger partial charge in [-0.15, -0.1) is 0 Å². The van der Waals surface area contributed by atoms with Crippen molar-refractivity contribution >= 4 is 19.2 Å². The number of hydrogen-bond donors (Lipinski definition) is 0. The summed E-state index contributed by atoms with van der Waals surface area (Å²) in [5.74, 6) is 0.